The molecule has 0 unspecified atom stereocenters. The molecule has 0 fully saturated rings. The Morgan fingerprint density at radius 2 is 1.84 bits per heavy atom. The lowest BCUT2D eigenvalue weighted by atomic mass is 10.1. The van der Waals surface area contributed by atoms with Crippen molar-refractivity contribution in [2.45, 2.75) is 46.2 Å². The van der Waals surface area contributed by atoms with E-state index in [0.717, 1.165) is 26.2 Å². The van der Waals surface area contributed by atoms with Gasteiger partial charge in [-0.15, -0.1) is 0 Å². The van der Waals surface area contributed by atoms with E-state index in [1.807, 2.05) is 0 Å². The van der Waals surface area contributed by atoms with Gasteiger partial charge in [-0.2, -0.15) is 0 Å². The maximum atomic E-state index is 5.66. The first-order valence-electron chi connectivity index (χ1n) is 7.32. The van der Waals surface area contributed by atoms with Crippen molar-refractivity contribution in [2.24, 2.45) is 5.73 Å². The first-order chi connectivity index (χ1) is 9.19. The summed E-state index contributed by atoms with van der Waals surface area (Å²) < 4.78 is 5.66. The van der Waals surface area contributed by atoms with Crippen molar-refractivity contribution < 1.29 is 4.74 Å². The van der Waals surface area contributed by atoms with Gasteiger partial charge >= 0.3 is 0 Å². The van der Waals surface area contributed by atoms with Crippen LogP contribution < -0.4 is 10.6 Å². The first-order valence-corrected chi connectivity index (χ1v) is 7.32. The van der Waals surface area contributed by atoms with Gasteiger partial charge in [0.05, 0.1) is 6.61 Å². The van der Waals surface area contributed by atoms with Crippen LogP contribution in [0.15, 0.2) is 24.3 Å². The van der Waals surface area contributed by atoms with Gasteiger partial charge in [0.2, 0.25) is 0 Å². The predicted molar refractivity (Wildman–Crippen MR) is 82.5 cm³/mol. The van der Waals surface area contributed by atoms with Crippen LogP contribution in [0.25, 0.3) is 0 Å². The Balaban J connectivity index is 2.51. The van der Waals surface area contributed by atoms with E-state index in [1.165, 1.54) is 17.7 Å². The first kappa shape index (κ1) is 16.0. The van der Waals surface area contributed by atoms with E-state index in [-0.39, 0.29) is 0 Å². The molecule has 0 aromatic heterocycles. The van der Waals surface area contributed by atoms with Crippen molar-refractivity contribution in [3.05, 3.63) is 29.8 Å². The Morgan fingerprint density at radius 3 is 2.37 bits per heavy atom. The van der Waals surface area contributed by atoms with Gasteiger partial charge in [-0.05, 0) is 38.0 Å². The van der Waals surface area contributed by atoms with Crippen LogP contribution in [0.3, 0.4) is 0 Å². The van der Waals surface area contributed by atoms with Crippen LogP contribution in [0.5, 0.6) is 0 Å². The minimum absolute atomic E-state index is 0.471. The highest BCUT2D eigenvalue weighted by molar-refractivity contribution is 5.48. The normalized spacial score (nSPS) is 11.0. The summed E-state index contributed by atoms with van der Waals surface area (Å²) in [6, 6.07) is 8.96. The van der Waals surface area contributed by atoms with Gasteiger partial charge in [0.15, 0.2) is 0 Å². The lowest BCUT2D eigenvalue weighted by Gasteiger charge is -2.29. The Hall–Kier alpha value is -1.06. The van der Waals surface area contributed by atoms with Gasteiger partial charge in [0, 0.05) is 31.4 Å². The molecule has 1 rings (SSSR count). The fourth-order valence-corrected chi connectivity index (χ4v) is 2.02. The van der Waals surface area contributed by atoms with E-state index in [9.17, 15) is 0 Å². The van der Waals surface area contributed by atoms with Crippen LogP contribution in [0.4, 0.5) is 5.69 Å². The summed E-state index contributed by atoms with van der Waals surface area (Å²) in [7, 11) is 0. The molecule has 0 spiro atoms. The zero-order valence-corrected chi connectivity index (χ0v) is 12.6. The minimum Gasteiger partial charge on any atom is -0.380 e. The lowest BCUT2D eigenvalue weighted by molar-refractivity contribution is 0.136. The summed E-state index contributed by atoms with van der Waals surface area (Å²) in [4.78, 5) is 2.37. The molecule has 3 heteroatoms. The summed E-state index contributed by atoms with van der Waals surface area (Å²) in [5.41, 5.74) is 8.04. The van der Waals surface area contributed by atoms with Crippen LogP contribution in [0.1, 0.15) is 39.2 Å². The second-order valence-electron chi connectivity index (χ2n) is 5.12. The topological polar surface area (TPSA) is 38.5 Å². The third kappa shape index (κ3) is 5.62. The fourth-order valence-electron chi connectivity index (χ4n) is 2.02. The second-order valence-corrected chi connectivity index (χ2v) is 5.12. The van der Waals surface area contributed by atoms with E-state index in [0.29, 0.717) is 12.6 Å². The van der Waals surface area contributed by atoms with Gasteiger partial charge in [-0.25, -0.2) is 0 Å². The monoisotopic (exact) mass is 264 g/mol. The Morgan fingerprint density at radius 1 is 1.16 bits per heavy atom. The zero-order chi connectivity index (χ0) is 14.1. The summed E-state index contributed by atoms with van der Waals surface area (Å²) in [5.74, 6) is 0. The highest BCUT2D eigenvalue weighted by atomic mass is 16.5. The largest absolute Gasteiger partial charge is 0.380 e. The summed E-state index contributed by atoms with van der Waals surface area (Å²) in [5, 5.41) is 0. The lowest BCUT2D eigenvalue weighted by Crippen LogP contribution is -2.34. The maximum absolute atomic E-state index is 5.66. The molecular weight excluding hydrogens is 236 g/mol. The molecule has 1 aromatic rings. The van der Waals surface area contributed by atoms with Crippen LogP contribution >= 0.6 is 0 Å². The quantitative estimate of drug-likeness (QED) is 0.696. The average molecular weight is 264 g/mol. The molecule has 0 amide bonds. The molecule has 0 heterocycles. The zero-order valence-electron chi connectivity index (χ0n) is 12.6. The van der Waals surface area contributed by atoms with E-state index >= 15 is 0 Å². The van der Waals surface area contributed by atoms with Crippen molar-refractivity contribution in [1.82, 2.24) is 0 Å². The summed E-state index contributed by atoms with van der Waals surface area (Å²) in [6.07, 6.45) is 2.33. The van der Waals surface area contributed by atoms with Crippen LogP contribution in [0, 0.1) is 0 Å². The van der Waals surface area contributed by atoms with Crippen molar-refractivity contribution in [3.63, 3.8) is 0 Å². The number of hydrogen-bond donors (Lipinski definition) is 1. The van der Waals surface area contributed by atoms with E-state index < -0.39 is 0 Å². The van der Waals surface area contributed by atoms with Crippen LogP contribution in [-0.2, 0) is 11.3 Å². The highest BCUT2D eigenvalue weighted by Crippen LogP contribution is 2.17. The predicted octanol–water partition coefficient (Wildman–Crippen LogP) is 3.18. The van der Waals surface area contributed by atoms with Crippen LogP contribution in [0.2, 0.25) is 0 Å². The van der Waals surface area contributed by atoms with E-state index in [2.05, 4.69) is 49.9 Å². The number of benzene rings is 1. The smallest absolute Gasteiger partial charge is 0.0641 e. The molecule has 0 aliphatic carbocycles. The second kappa shape index (κ2) is 8.94. The highest BCUT2D eigenvalue weighted by Gasteiger charge is 2.10. The van der Waals surface area contributed by atoms with Crippen LogP contribution in [-0.4, -0.2) is 25.8 Å². The van der Waals surface area contributed by atoms with Gasteiger partial charge < -0.3 is 15.4 Å². The number of anilines is 1. The molecule has 0 aliphatic heterocycles. The van der Waals surface area contributed by atoms with E-state index in [4.69, 9.17) is 10.5 Å². The van der Waals surface area contributed by atoms with Gasteiger partial charge in [-0.3, -0.25) is 0 Å². The number of ether oxygens (including phenoxy) is 1. The molecular formula is C16H28N2O. The Labute approximate surface area is 117 Å². The number of hydrogen-bond acceptors (Lipinski definition) is 3. The van der Waals surface area contributed by atoms with Crippen molar-refractivity contribution in [3.8, 4) is 0 Å². The van der Waals surface area contributed by atoms with Gasteiger partial charge in [-0.1, -0.05) is 25.5 Å². The van der Waals surface area contributed by atoms with Gasteiger partial charge in [0.1, 0.15) is 0 Å². The standard InChI is InChI=1S/C16H28N2O/c1-4-5-11-19-12-10-18(14(2)3)16-8-6-15(13-17)7-9-16/h6-9,14H,4-5,10-13,17H2,1-3H3. The van der Waals surface area contributed by atoms with E-state index in [1.54, 1.807) is 0 Å². The van der Waals surface area contributed by atoms with Crippen molar-refractivity contribution >= 4 is 5.69 Å². The molecule has 0 atom stereocenters. The number of nitrogens with two attached hydrogens (primary N) is 1. The molecule has 19 heavy (non-hydrogen) atoms. The molecule has 0 saturated carbocycles. The minimum atomic E-state index is 0.471. The molecule has 0 bridgehead atoms. The maximum Gasteiger partial charge on any atom is 0.0641 e. The Kier molecular flexibility index (Phi) is 7.53. The molecule has 0 saturated heterocycles. The van der Waals surface area contributed by atoms with Gasteiger partial charge in [0.25, 0.3) is 0 Å². The molecule has 0 radical (unpaired) electrons. The third-order valence-corrected chi connectivity index (χ3v) is 3.25. The molecule has 108 valence electrons. The average Bonchev–Trinajstić information content (AvgIpc) is 2.43. The molecule has 0 aliphatic rings. The molecule has 2 N–H and O–H groups in total. The number of nitrogens with zero attached hydrogens (tertiary/aromatic N) is 1. The molecule has 3 nitrogen and oxygen atoms in total. The molecule has 1 aromatic carbocycles. The number of rotatable bonds is 9. The van der Waals surface area contributed by atoms with Crippen molar-refractivity contribution in [2.75, 3.05) is 24.7 Å². The third-order valence-electron chi connectivity index (χ3n) is 3.25. The summed E-state index contributed by atoms with van der Waals surface area (Å²) >= 11 is 0. The fraction of sp³-hybridized carbons (Fsp3) is 0.625. The number of unbranched alkanes of at least 4 members (excludes halogenated alkanes) is 1. The SMILES string of the molecule is CCCCOCCN(c1ccc(CN)cc1)C(C)C. The van der Waals surface area contributed by atoms with Crippen molar-refractivity contribution in [1.29, 1.82) is 0 Å². The summed E-state index contributed by atoms with van der Waals surface area (Å²) in [6.45, 7) is 9.80. The Bertz CT molecular complexity index is 335.